The lowest BCUT2D eigenvalue weighted by Crippen LogP contribution is -2.61. The summed E-state index contributed by atoms with van der Waals surface area (Å²) in [5.74, 6) is -1.28. The first-order chi connectivity index (χ1) is 23.2. The van der Waals surface area contributed by atoms with Gasteiger partial charge < -0.3 is 45.6 Å². The number of aliphatic carboxylic acids is 1. The summed E-state index contributed by atoms with van der Waals surface area (Å²) in [6, 6.07) is 17.1. The van der Waals surface area contributed by atoms with Crippen LogP contribution in [0.2, 0.25) is 0 Å². The minimum Gasteiger partial charge on any atom is -0.480 e. The fraction of sp³-hybridized carbons (Fsp3) is 0.500. The van der Waals surface area contributed by atoms with E-state index in [1.54, 1.807) is 4.90 Å². The Kier molecular flexibility index (Phi) is 9.33. The molecule has 0 saturated carbocycles. The molecule has 4 heterocycles. The third-order valence-electron chi connectivity index (χ3n) is 10.3. The molecule has 0 aliphatic carbocycles. The Morgan fingerprint density at radius 1 is 0.812 bits per heavy atom. The van der Waals surface area contributed by atoms with Gasteiger partial charge in [0.25, 0.3) is 0 Å². The van der Waals surface area contributed by atoms with E-state index in [0.717, 1.165) is 17.8 Å². The van der Waals surface area contributed by atoms with Gasteiger partial charge in [-0.3, -0.25) is 9.59 Å². The maximum absolute atomic E-state index is 13.7. The first-order valence-corrected chi connectivity index (χ1v) is 16.7. The van der Waals surface area contributed by atoms with Gasteiger partial charge in [0, 0.05) is 44.1 Å². The van der Waals surface area contributed by atoms with Crippen LogP contribution >= 0.6 is 0 Å². The van der Waals surface area contributed by atoms with Gasteiger partial charge in [-0.15, -0.1) is 0 Å². The van der Waals surface area contributed by atoms with Crippen molar-refractivity contribution in [3.8, 4) is 0 Å². The van der Waals surface area contributed by atoms with Gasteiger partial charge >= 0.3 is 18.0 Å². The van der Waals surface area contributed by atoms with Gasteiger partial charge in [0.15, 0.2) is 0 Å². The summed E-state index contributed by atoms with van der Waals surface area (Å²) in [5, 5.41) is 18.0. The molecule has 6 amide bonds. The van der Waals surface area contributed by atoms with Gasteiger partial charge in [-0.1, -0.05) is 43.3 Å². The number of anilines is 2. The van der Waals surface area contributed by atoms with Crippen LogP contribution in [0.1, 0.15) is 39.0 Å². The number of carbonyl (C=O) groups is 5. The SMILES string of the molecule is CCCN1CN(c2ccccc2)C2(CCN(C(=O)NCC(NC(=O)N3CCC4(CC3)C(=O)NCN4c3ccccc3)C(=O)O)CC2)C1=O. The second-order valence-corrected chi connectivity index (χ2v) is 13.0. The summed E-state index contributed by atoms with van der Waals surface area (Å²) >= 11 is 0. The molecule has 1 atom stereocenters. The third kappa shape index (κ3) is 6.06. The molecule has 0 aromatic heterocycles. The fourth-order valence-corrected chi connectivity index (χ4v) is 7.58. The highest BCUT2D eigenvalue weighted by molar-refractivity contribution is 5.95. The van der Waals surface area contributed by atoms with Crippen molar-refractivity contribution < 1.29 is 29.1 Å². The number of carboxylic acid groups (broad SMARTS) is 1. The molecule has 0 bridgehead atoms. The van der Waals surface area contributed by atoms with Crippen molar-refractivity contribution in [1.29, 1.82) is 0 Å². The fourth-order valence-electron chi connectivity index (χ4n) is 7.58. The van der Waals surface area contributed by atoms with Crippen LogP contribution < -0.4 is 25.8 Å². The quantitative estimate of drug-likeness (QED) is 0.334. The summed E-state index contributed by atoms with van der Waals surface area (Å²) in [6.45, 7) is 4.48. The van der Waals surface area contributed by atoms with Gasteiger partial charge in [-0.05, 0) is 56.4 Å². The highest BCUT2D eigenvalue weighted by Gasteiger charge is 2.54. The highest BCUT2D eigenvalue weighted by Crippen LogP contribution is 2.40. The number of carboxylic acids is 1. The number of para-hydroxylation sites is 2. The average Bonchev–Trinajstić information content (AvgIpc) is 3.56. The van der Waals surface area contributed by atoms with Crippen molar-refractivity contribution >= 4 is 41.2 Å². The maximum Gasteiger partial charge on any atom is 0.328 e. The lowest BCUT2D eigenvalue weighted by molar-refractivity contribution is -0.139. The summed E-state index contributed by atoms with van der Waals surface area (Å²) in [6.07, 6.45) is 2.54. The first kappa shape index (κ1) is 32.9. The van der Waals surface area contributed by atoms with E-state index in [-0.39, 0.29) is 31.4 Å². The Morgan fingerprint density at radius 2 is 1.35 bits per heavy atom. The predicted octanol–water partition coefficient (Wildman–Crippen LogP) is 1.84. The van der Waals surface area contributed by atoms with E-state index in [9.17, 15) is 29.1 Å². The van der Waals surface area contributed by atoms with Crippen LogP contribution in [-0.4, -0.2) is 119 Å². The van der Waals surface area contributed by atoms with Crippen molar-refractivity contribution in [2.24, 2.45) is 0 Å². The minimum absolute atomic E-state index is 0.0758. The second kappa shape index (κ2) is 13.6. The van der Waals surface area contributed by atoms with Gasteiger partial charge in [0.05, 0.1) is 19.9 Å². The van der Waals surface area contributed by atoms with Crippen LogP contribution in [0, 0.1) is 0 Å². The van der Waals surface area contributed by atoms with Crippen LogP contribution in [0.5, 0.6) is 0 Å². The number of piperidine rings is 2. The van der Waals surface area contributed by atoms with Crippen LogP contribution in [0.3, 0.4) is 0 Å². The molecular formula is C34H44N8O6. The van der Waals surface area contributed by atoms with E-state index in [2.05, 4.69) is 20.9 Å². The number of nitrogens with zero attached hydrogens (tertiary/aromatic N) is 5. The molecule has 4 N–H and O–H groups in total. The molecule has 1 unspecified atom stereocenters. The largest absolute Gasteiger partial charge is 0.480 e. The molecule has 2 spiro atoms. The molecule has 4 fully saturated rings. The Balaban J connectivity index is 1.02. The van der Waals surface area contributed by atoms with E-state index in [1.807, 2.05) is 77.4 Å². The van der Waals surface area contributed by atoms with Gasteiger partial charge in [-0.25, -0.2) is 14.4 Å². The number of hydrogen-bond acceptors (Lipinski definition) is 7. The van der Waals surface area contributed by atoms with E-state index in [1.165, 1.54) is 4.90 Å². The van der Waals surface area contributed by atoms with Gasteiger partial charge in [0.1, 0.15) is 17.1 Å². The second-order valence-electron chi connectivity index (χ2n) is 13.0. The topological polar surface area (TPSA) is 158 Å². The van der Waals surface area contributed by atoms with E-state index >= 15 is 0 Å². The first-order valence-electron chi connectivity index (χ1n) is 16.7. The monoisotopic (exact) mass is 660 g/mol. The van der Waals surface area contributed by atoms with Crippen molar-refractivity contribution in [3.05, 3.63) is 60.7 Å². The van der Waals surface area contributed by atoms with E-state index in [4.69, 9.17) is 0 Å². The van der Waals surface area contributed by atoms with Crippen LogP contribution in [-0.2, 0) is 14.4 Å². The van der Waals surface area contributed by atoms with Gasteiger partial charge in [0.2, 0.25) is 11.8 Å². The number of amides is 6. The molecule has 4 aliphatic rings. The van der Waals surface area contributed by atoms with Crippen molar-refractivity contribution in [3.63, 3.8) is 0 Å². The number of hydrogen-bond donors (Lipinski definition) is 4. The zero-order valence-electron chi connectivity index (χ0n) is 27.3. The van der Waals surface area contributed by atoms with Crippen molar-refractivity contribution in [1.82, 2.24) is 30.7 Å². The maximum atomic E-state index is 13.7. The van der Waals surface area contributed by atoms with Crippen LogP contribution in [0.15, 0.2) is 60.7 Å². The Labute approximate surface area is 280 Å². The number of urea groups is 2. The molecule has 2 aromatic carbocycles. The Hall–Kier alpha value is -5.01. The number of benzene rings is 2. The molecule has 256 valence electrons. The highest BCUT2D eigenvalue weighted by atomic mass is 16.4. The normalized spacial score (nSPS) is 20.6. The van der Waals surface area contributed by atoms with Gasteiger partial charge in [-0.2, -0.15) is 0 Å². The zero-order valence-corrected chi connectivity index (χ0v) is 27.3. The van der Waals surface area contributed by atoms with E-state index in [0.29, 0.717) is 58.7 Å². The molecule has 0 radical (unpaired) electrons. The predicted molar refractivity (Wildman–Crippen MR) is 178 cm³/mol. The molecular weight excluding hydrogens is 616 g/mol. The lowest BCUT2D eigenvalue weighted by atomic mass is 9.85. The van der Waals surface area contributed by atoms with Crippen molar-refractivity contribution in [2.75, 3.05) is 62.4 Å². The molecule has 4 saturated heterocycles. The number of likely N-dealkylation sites (tertiary alicyclic amines) is 2. The average molecular weight is 661 g/mol. The standard InChI is InChI=1S/C34H44N8O6/c1-2-17-40-24-42(26-11-7-4-8-12-26)34(30(40)46)15-20-38(21-16-34)31(47)35-22-27(28(43)44)37-32(48)39-18-13-33(14-19-39)29(45)36-23-41(33)25-9-5-3-6-10-25/h3-12,27H,2,13-24H2,1H3,(H,35,47)(H,36,45)(H,37,48)(H,43,44). The number of carbonyl (C=O) groups excluding carboxylic acids is 4. The smallest absolute Gasteiger partial charge is 0.328 e. The number of rotatable bonds is 8. The van der Waals surface area contributed by atoms with Crippen LogP contribution in [0.25, 0.3) is 0 Å². The molecule has 14 heteroatoms. The summed E-state index contributed by atoms with van der Waals surface area (Å²) < 4.78 is 0. The third-order valence-corrected chi connectivity index (χ3v) is 10.3. The summed E-state index contributed by atoms with van der Waals surface area (Å²) in [7, 11) is 0. The molecule has 48 heavy (non-hydrogen) atoms. The lowest BCUT2D eigenvalue weighted by Gasteiger charge is -2.43. The van der Waals surface area contributed by atoms with Crippen molar-refractivity contribution in [2.45, 2.75) is 56.1 Å². The number of nitrogens with one attached hydrogen (secondary N) is 3. The molecule has 2 aromatic rings. The summed E-state index contributed by atoms with van der Waals surface area (Å²) in [5.41, 5.74) is 0.364. The molecule has 14 nitrogen and oxygen atoms in total. The Morgan fingerprint density at radius 3 is 1.92 bits per heavy atom. The molecule has 6 rings (SSSR count). The summed E-state index contributed by atoms with van der Waals surface area (Å²) in [4.78, 5) is 74.2. The van der Waals surface area contributed by atoms with Crippen LogP contribution in [0.4, 0.5) is 21.0 Å². The molecule has 4 aliphatic heterocycles. The zero-order chi connectivity index (χ0) is 33.9. The Bertz CT molecular complexity index is 1510. The van der Waals surface area contributed by atoms with E-state index < -0.39 is 35.2 Å². The minimum atomic E-state index is -1.35.